The van der Waals surface area contributed by atoms with Gasteiger partial charge in [-0.25, -0.2) is 9.79 Å². The summed E-state index contributed by atoms with van der Waals surface area (Å²) in [7, 11) is 0. The second-order valence-electron chi connectivity index (χ2n) is 4.50. The minimum Gasteiger partial charge on any atom is -0.462 e. The third-order valence-electron chi connectivity index (χ3n) is 3.10. The number of rotatable bonds is 7. The number of ether oxygens (including phenoxy) is 1. The first-order valence-corrected chi connectivity index (χ1v) is 8.83. The van der Waals surface area contributed by atoms with Crippen LogP contribution in [0.5, 0.6) is 0 Å². The van der Waals surface area contributed by atoms with Gasteiger partial charge in [-0.2, -0.15) is 0 Å². The topological polar surface area (TPSA) is 51.0 Å². The fourth-order valence-electron chi connectivity index (χ4n) is 2.07. The Kier molecular flexibility index (Phi) is 6.01. The van der Waals surface area contributed by atoms with Crippen LogP contribution in [0.15, 0.2) is 28.7 Å². The highest BCUT2D eigenvalue weighted by atomic mass is 32.1. The molecule has 120 valence electrons. The third kappa shape index (κ3) is 3.83. The minimum absolute atomic E-state index is 0.325. The van der Waals surface area contributed by atoms with Gasteiger partial charge in [-0.3, -0.25) is 4.99 Å². The Morgan fingerprint density at radius 3 is 2.57 bits per heavy atom. The van der Waals surface area contributed by atoms with E-state index in [1.807, 2.05) is 19.1 Å². The molecule has 0 atom stereocenters. The molecule has 2 heterocycles. The number of hydrogen-bond acceptors (Lipinski definition) is 6. The van der Waals surface area contributed by atoms with Crippen LogP contribution in [0.3, 0.4) is 0 Å². The van der Waals surface area contributed by atoms with E-state index >= 15 is 0 Å². The molecular formula is C17H18N2O2S2. The lowest BCUT2D eigenvalue weighted by molar-refractivity contribution is 0.0527. The van der Waals surface area contributed by atoms with E-state index in [1.165, 1.54) is 11.3 Å². The lowest BCUT2D eigenvalue weighted by Gasteiger charge is -2.03. The molecule has 2 rings (SSSR count). The largest absolute Gasteiger partial charge is 0.462 e. The van der Waals surface area contributed by atoms with Gasteiger partial charge in [0, 0.05) is 21.5 Å². The van der Waals surface area contributed by atoms with E-state index in [2.05, 4.69) is 23.3 Å². The number of carbonyl (C=O) groups excluding carboxylic acids is 1. The van der Waals surface area contributed by atoms with Gasteiger partial charge in [0.1, 0.15) is 15.6 Å². The number of thiophene rings is 2. The molecule has 2 aromatic heterocycles. The molecule has 0 aromatic carbocycles. The molecule has 0 radical (unpaired) electrons. The highest BCUT2D eigenvalue weighted by molar-refractivity contribution is 7.20. The summed E-state index contributed by atoms with van der Waals surface area (Å²) in [6.45, 7) is 11.4. The van der Waals surface area contributed by atoms with Crippen molar-refractivity contribution in [3.05, 3.63) is 39.6 Å². The summed E-state index contributed by atoms with van der Waals surface area (Å²) < 4.78 is 5.16. The maximum absolute atomic E-state index is 12.3. The predicted octanol–water partition coefficient (Wildman–Crippen LogP) is 5.27. The number of nitrogens with zero attached hydrogens (tertiary/aromatic N) is 2. The van der Waals surface area contributed by atoms with E-state index in [-0.39, 0.29) is 5.97 Å². The molecule has 4 nitrogen and oxygen atoms in total. The quantitative estimate of drug-likeness (QED) is 0.506. The molecule has 0 amide bonds. The summed E-state index contributed by atoms with van der Waals surface area (Å²) in [5.41, 5.74) is 1.34. The minimum atomic E-state index is -0.361. The molecule has 6 heteroatoms. The molecular weight excluding hydrogens is 328 g/mol. The molecule has 0 saturated carbocycles. The van der Waals surface area contributed by atoms with E-state index in [1.54, 1.807) is 30.6 Å². The average Bonchev–Trinajstić information content (AvgIpc) is 3.16. The first-order valence-electron chi connectivity index (χ1n) is 7.20. The maximum atomic E-state index is 12.3. The Morgan fingerprint density at radius 1 is 1.26 bits per heavy atom. The second-order valence-corrected chi connectivity index (χ2v) is 6.62. The summed E-state index contributed by atoms with van der Waals surface area (Å²) >= 11 is 2.94. The summed E-state index contributed by atoms with van der Waals surface area (Å²) in [5, 5.41) is 1.33. The fraction of sp³-hybridized carbons (Fsp3) is 0.235. The first kappa shape index (κ1) is 17.3. The van der Waals surface area contributed by atoms with Gasteiger partial charge in [-0.15, -0.1) is 11.3 Å². The molecule has 0 aliphatic rings. The summed E-state index contributed by atoms with van der Waals surface area (Å²) in [4.78, 5) is 22.8. The summed E-state index contributed by atoms with van der Waals surface area (Å²) in [5.74, 6) is -0.361. The molecule has 2 aromatic rings. The van der Waals surface area contributed by atoms with Crippen molar-refractivity contribution in [2.45, 2.75) is 20.3 Å². The zero-order valence-electron chi connectivity index (χ0n) is 13.2. The van der Waals surface area contributed by atoms with Crippen molar-refractivity contribution in [2.75, 3.05) is 6.61 Å². The average molecular weight is 346 g/mol. The van der Waals surface area contributed by atoms with Crippen LogP contribution in [-0.4, -0.2) is 25.5 Å². The van der Waals surface area contributed by atoms with Crippen molar-refractivity contribution >= 4 is 57.7 Å². The van der Waals surface area contributed by atoms with Gasteiger partial charge < -0.3 is 4.74 Å². The van der Waals surface area contributed by atoms with Crippen LogP contribution in [0.4, 0.5) is 10.0 Å². The smallest absolute Gasteiger partial charge is 0.341 e. The Labute approximate surface area is 143 Å². The van der Waals surface area contributed by atoms with Crippen LogP contribution in [0.2, 0.25) is 0 Å². The monoisotopic (exact) mass is 346 g/mol. The van der Waals surface area contributed by atoms with E-state index in [4.69, 9.17) is 4.74 Å². The van der Waals surface area contributed by atoms with Crippen LogP contribution in [0.1, 0.15) is 39.5 Å². The molecule has 0 saturated heterocycles. The SMILES string of the molecule is C=Cc1ccc(/C=N/c2sc(N=C)c(CC)c2C(=O)OCC)s1. The summed E-state index contributed by atoms with van der Waals surface area (Å²) in [6, 6.07) is 3.95. The highest BCUT2D eigenvalue weighted by Crippen LogP contribution is 2.42. The second kappa shape index (κ2) is 7.99. The molecule has 0 spiro atoms. The van der Waals surface area contributed by atoms with Gasteiger partial charge >= 0.3 is 5.97 Å². The Balaban J connectivity index is 2.43. The van der Waals surface area contributed by atoms with Gasteiger partial charge in [-0.1, -0.05) is 30.9 Å². The normalized spacial score (nSPS) is 10.9. The van der Waals surface area contributed by atoms with Gasteiger partial charge in [0.25, 0.3) is 0 Å². The Hall–Kier alpha value is -2.05. The van der Waals surface area contributed by atoms with Crippen LogP contribution >= 0.6 is 22.7 Å². The molecule has 0 aliphatic heterocycles. The molecule has 0 aliphatic carbocycles. The van der Waals surface area contributed by atoms with Crippen LogP contribution in [-0.2, 0) is 11.2 Å². The standard InChI is InChI=1S/C17H18N2O2S2/c1-5-11-8-9-12(22-11)10-19-16-14(17(20)21-7-3)13(6-2)15(18-4)23-16/h5,8-10H,1,4,6-7H2,2-3H3/b19-10+. The van der Waals surface area contributed by atoms with Crippen molar-refractivity contribution in [3.63, 3.8) is 0 Å². The maximum Gasteiger partial charge on any atom is 0.341 e. The fourth-order valence-corrected chi connectivity index (χ4v) is 3.83. The Morgan fingerprint density at radius 2 is 2.00 bits per heavy atom. The van der Waals surface area contributed by atoms with Crippen molar-refractivity contribution < 1.29 is 9.53 Å². The highest BCUT2D eigenvalue weighted by Gasteiger charge is 2.23. The number of hydrogen-bond donors (Lipinski definition) is 0. The molecule has 0 fully saturated rings. The van der Waals surface area contributed by atoms with Crippen molar-refractivity contribution in [1.82, 2.24) is 0 Å². The predicted molar refractivity (Wildman–Crippen MR) is 101 cm³/mol. The lowest BCUT2D eigenvalue weighted by Crippen LogP contribution is -2.06. The van der Waals surface area contributed by atoms with Crippen molar-refractivity contribution in [1.29, 1.82) is 0 Å². The van der Waals surface area contributed by atoms with E-state index < -0.39 is 0 Å². The number of aliphatic imine (C=N–C) groups is 2. The lowest BCUT2D eigenvalue weighted by atomic mass is 10.1. The molecule has 0 bridgehead atoms. The van der Waals surface area contributed by atoms with E-state index in [9.17, 15) is 4.79 Å². The zero-order valence-corrected chi connectivity index (χ0v) is 14.8. The van der Waals surface area contributed by atoms with Gasteiger partial charge in [0.05, 0.1) is 6.61 Å². The van der Waals surface area contributed by atoms with Crippen molar-refractivity contribution in [3.8, 4) is 0 Å². The van der Waals surface area contributed by atoms with Crippen molar-refractivity contribution in [2.24, 2.45) is 9.98 Å². The van der Waals surface area contributed by atoms with Crippen LogP contribution < -0.4 is 0 Å². The van der Waals surface area contributed by atoms with Gasteiger partial charge in [-0.05, 0) is 32.2 Å². The zero-order chi connectivity index (χ0) is 16.8. The van der Waals surface area contributed by atoms with Gasteiger partial charge in [0.15, 0.2) is 0 Å². The summed E-state index contributed by atoms with van der Waals surface area (Å²) in [6.07, 6.45) is 4.22. The molecule has 23 heavy (non-hydrogen) atoms. The number of esters is 1. The molecule has 0 N–H and O–H groups in total. The third-order valence-corrected chi connectivity index (χ3v) is 5.19. The van der Waals surface area contributed by atoms with Crippen LogP contribution in [0.25, 0.3) is 6.08 Å². The van der Waals surface area contributed by atoms with Gasteiger partial charge in [0.2, 0.25) is 0 Å². The Bertz CT molecular complexity index is 757. The number of carbonyl (C=O) groups is 1. The van der Waals surface area contributed by atoms with E-state index in [0.717, 1.165) is 20.3 Å². The first-order chi connectivity index (χ1) is 11.1. The molecule has 0 unspecified atom stereocenters. The van der Waals surface area contributed by atoms with E-state index in [0.29, 0.717) is 23.6 Å². The van der Waals surface area contributed by atoms with Crippen LogP contribution in [0, 0.1) is 0 Å².